The Kier molecular flexibility index (Phi) is 6.00. The maximum absolute atomic E-state index is 6.12. The van der Waals surface area contributed by atoms with Gasteiger partial charge in [-0.2, -0.15) is 0 Å². The van der Waals surface area contributed by atoms with Gasteiger partial charge in [-0.3, -0.25) is 0 Å². The number of halogens is 2. The van der Waals surface area contributed by atoms with Gasteiger partial charge in [0.25, 0.3) is 0 Å². The van der Waals surface area contributed by atoms with Crippen LogP contribution < -0.4 is 0 Å². The second kappa shape index (κ2) is 7.52. The normalized spacial score (nSPS) is 21.1. The van der Waals surface area contributed by atoms with E-state index in [0.717, 1.165) is 13.0 Å². The van der Waals surface area contributed by atoms with Crippen LogP contribution in [0.25, 0.3) is 0 Å². The summed E-state index contributed by atoms with van der Waals surface area (Å²) in [6, 6.07) is 8.39. The Labute approximate surface area is 123 Å². The standard InChI is InChI=1S/C15H20BrClO/c16-15-9-2-1-8-14(15)12(11-17)5-3-6-13-7-4-10-18-13/h1-2,8-9,12-13H,3-7,10-11H2. The minimum absolute atomic E-state index is 0.448. The molecule has 1 aliphatic heterocycles. The van der Waals surface area contributed by atoms with Gasteiger partial charge in [-0.05, 0) is 43.2 Å². The molecule has 0 radical (unpaired) electrons. The van der Waals surface area contributed by atoms with E-state index in [1.54, 1.807) is 0 Å². The van der Waals surface area contributed by atoms with Crippen LogP contribution in [0.2, 0.25) is 0 Å². The summed E-state index contributed by atoms with van der Waals surface area (Å²) in [5.74, 6) is 1.14. The van der Waals surface area contributed by atoms with Crippen LogP contribution in [0.4, 0.5) is 0 Å². The molecule has 1 fully saturated rings. The average molecular weight is 332 g/mol. The summed E-state index contributed by atoms with van der Waals surface area (Å²) in [4.78, 5) is 0. The molecule has 1 nitrogen and oxygen atoms in total. The molecule has 1 aliphatic rings. The van der Waals surface area contributed by atoms with Gasteiger partial charge >= 0.3 is 0 Å². The van der Waals surface area contributed by atoms with Crippen LogP contribution in [-0.4, -0.2) is 18.6 Å². The predicted octanol–water partition coefficient (Wildman–Crippen LogP) is 5.12. The van der Waals surface area contributed by atoms with Gasteiger partial charge in [0.05, 0.1) is 6.10 Å². The van der Waals surface area contributed by atoms with Gasteiger partial charge < -0.3 is 4.74 Å². The molecule has 2 unspecified atom stereocenters. The number of rotatable bonds is 6. The fourth-order valence-corrected chi connectivity index (χ4v) is 3.51. The first-order chi connectivity index (χ1) is 8.81. The van der Waals surface area contributed by atoms with E-state index in [1.807, 2.05) is 6.07 Å². The van der Waals surface area contributed by atoms with E-state index in [2.05, 4.69) is 34.1 Å². The fourth-order valence-electron chi connectivity index (χ4n) is 2.59. The van der Waals surface area contributed by atoms with Crippen LogP contribution in [0.1, 0.15) is 43.6 Å². The lowest BCUT2D eigenvalue weighted by Gasteiger charge is -2.17. The molecule has 0 saturated carbocycles. The zero-order valence-corrected chi connectivity index (χ0v) is 12.9. The Hall–Kier alpha value is -0.0500. The first kappa shape index (κ1) is 14.4. The predicted molar refractivity (Wildman–Crippen MR) is 80.4 cm³/mol. The first-order valence-corrected chi connectivity index (χ1v) is 8.06. The maximum atomic E-state index is 6.12. The van der Waals surface area contributed by atoms with E-state index >= 15 is 0 Å². The van der Waals surface area contributed by atoms with Crippen LogP contribution in [0.3, 0.4) is 0 Å². The van der Waals surface area contributed by atoms with Crippen molar-refractivity contribution in [2.45, 2.75) is 44.1 Å². The highest BCUT2D eigenvalue weighted by Gasteiger charge is 2.17. The summed E-state index contributed by atoms with van der Waals surface area (Å²) in [5.41, 5.74) is 1.33. The highest BCUT2D eigenvalue weighted by atomic mass is 79.9. The van der Waals surface area contributed by atoms with Crippen molar-refractivity contribution in [3.63, 3.8) is 0 Å². The van der Waals surface area contributed by atoms with E-state index in [9.17, 15) is 0 Å². The minimum atomic E-state index is 0.448. The molecule has 100 valence electrons. The first-order valence-electron chi connectivity index (χ1n) is 6.73. The smallest absolute Gasteiger partial charge is 0.0576 e. The van der Waals surface area contributed by atoms with Crippen molar-refractivity contribution in [2.75, 3.05) is 12.5 Å². The molecule has 1 saturated heterocycles. The van der Waals surface area contributed by atoms with Crippen molar-refractivity contribution in [2.24, 2.45) is 0 Å². The number of benzene rings is 1. The van der Waals surface area contributed by atoms with Crippen molar-refractivity contribution in [1.29, 1.82) is 0 Å². The number of hydrogen-bond donors (Lipinski definition) is 0. The molecule has 18 heavy (non-hydrogen) atoms. The average Bonchev–Trinajstić information content (AvgIpc) is 2.89. The van der Waals surface area contributed by atoms with Gasteiger partial charge in [-0.25, -0.2) is 0 Å². The molecular weight excluding hydrogens is 312 g/mol. The number of alkyl halides is 1. The van der Waals surface area contributed by atoms with Crippen molar-refractivity contribution in [3.05, 3.63) is 34.3 Å². The maximum Gasteiger partial charge on any atom is 0.0576 e. The number of hydrogen-bond acceptors (Lipinski definition) is 1. The molecule has 0 N–H and O–H groups in total. The molecule has 0 spiro atoms. The summed E-state index contributed by atoms with van der Waals surface area (Å²) >= 11 is 9.73. The van der Waals surface area contributed by atoms with Crippen LogP contribution in [0, 0.1) is 0 Å². The summed E-state index contributed by atoms with van der Waals surface area (Å²) in [5, 5.41) is 0. The summed E-state index contributed by atoms with van der Waals surface area (Å²) < 4.78 is 6.83. The molecule has 2 atom stereocenters. The van der Waals surface area contributed by atoms with Crippen molar-refractivity contribution in [1.82, 2.24) is 0 Å². The van der Waals surface area contributed by atoms with E-state index in [1.165, 1.54) is 35.7 Å². The van der Waals surface area contributed by atoms with E-state index < -0.39 is 0 Å². The van der Waals surface area contributed by atoms with Gasteiger partial charge in [0.2, 0.25) is 0 Å². The number of ether oxygens (including phenoxy) is 1. The molecule has 3 heteroatoms. The van der Waals surface area contributed by atoms with Crippen LogP contribution in [0.5, 0.6) is 0 Å². The Morgan fingerprint density at radius 2 is 2.22 bits per heavy atom. The Morgan fingerprint density at radius 1 is 1.39 bits per heavy atom. The Morgan fingerprint density at radius 3 is 2.89 bits per heavy atom. The topological polar surface area (TPSA) is 9.23 Å². The third kappa shape index (κ3) is 3.97. The summed E-state index contributed by atoms with van der Waals surface area (Å²) in [6.07, 6.45) is 6.49. The molecule has 1 heterocycles. The second-order valence-corrected chi connectivity index (χ2v) is 6.10. The van der Waals surface area contributed by atoms with E-state index in [0.29, 0.717) is 17.9 Å². The Balaban J connectivity index is 1.83. The zero-order chi connectivity index (χ0) is 12.8. The lowest BCUT2D eigenvalue weighted by atomic mass is 9.94. The third-order valence-corrected chi connectivity index (χ3v) is 4.73. The van der Waals surface area contributed by atoms with Gasteiger partial charge in [-0.1, -0.05) is 40.5 Å². The quantitative estimate of drug-likeness (QED) is 0.657. The van der Waals surface area contributed by atoms with Crippen molar-refractivity contribution >= 4 is 27.5 Å². The molecule has 2 rings (SSSR count). The van der Waals surface area contributed by atoms with Gasteiger partial charge in [0, 0.05) is 17.0 Å². The molecular formula is C15H20BrClO. The monoisotopic (exact) mass is 330 g/mol. The Bertz CT molecular complexity index is 363. The van der Waals surface area contributed by atoms with Crippen LogP contribution in [-0.2, 0) is 4.74 Å². The second-order valence-electron chi connectivity index (χ2n) is 4.94. The van der Waals surface area contributed by atoms with Gasteiger partial charge in [-0.15, -0.1) is 11.6 Å². The molecule has 0 bridgehead atoms. The van der Waals surface area contributed by atoms with Crippen LogP contribution >= 0.6 is 27.5 Å². The summed E-state index contributed by atoms with van der Waals surface area (Å²) in [7, 11) is 0. The zero-order valence-electron chi connectivity index (χ0n) is 10.6. The molecule has 1 aromatic rings. The largest absolute Gasteiger partial charge is 0.378 e. The molecule has 0 aliphatic carbocycles. The van der Waals surface area contributed by atoms with E-state index in [4.69, 9.17) is 16.3 Å². The molecule has 0 aromatic heterocycles. The SMILES string of the molecule is ClCC(CCCC1CCCO1)c1ccccc1Br. The van der Waals surface area contributed by atoms with Gasteiger partial charge in [0.15, 0.2) is 0 Å². The lowest BCUT2D eigenvalue weighted by Crippen LogP contribution is -2.07. The highest BCUT2D eigenvalue weighted by molar-refractivity contribution is 9.10. The molecule has 1 aromatic carbocycles. The van der Waals surface area contributed by atoms with Gasteiger partial charge in [0.1, 0.15) is 0 Å². The van der Waals surface area contributed by atoms with Crippen molar-refractivity contribution in [3.8, 4) is 0 Å². The lowest BCUT2D eigenvalue weighted by molar-refractivity contribution is 0.102. The summed E-state index contributed by atoms with van der Waals surface area (Å²) in [6.45, 7) is 0.952. The van der Waals surface area contributed by atoms with Crippen LogP contribution in [0.15, 0.2) is 28.7 Å². The molecule has 0 amide bonds. The van der Waals surface area contributed by atoms with E-state index in [-0.39, 0.29) is 0 Å². The van der Waals surface area contributed by atoms with Crippen molar-refractivity contribution < 1.29 is 4.74 Å². The fraction of sp³-hybridized carbons (Fsp3) is 0.600. The third-order valence-electron chi connectivity index (χ3n) is 3.63. The highest BCUT2D eigenvalue weighted by Crippen LogP contribution is 2.30. The minimum Gasteiger partial charge on any atom is -0.378 e.